The van der Waals surface area contributed by atoms with Gasteiger partial charge in [0, 0.05) is 19.6 Å². The third-order valence-electron chi connectivity index (χ3n) is 7.61. The fourth-order valence-corrected chi connectivity index (χ4v) is 5.49. The van der Waals surface area contributed by atoms with E-state index in [9.17, 15) is 9.59 Å². The summed E-state index contributed by atoms with van der Waals surface area (Å²) >= 11 is 0. The maximum Gasteiger partial charge on any atom is 0.246 e. The van der Waals surface area contributed by atoms with E-state index in [-0.39, 0.29) is 31.2 Å². The minimum absolute atomic E-state index is 0.0184. The van der Waals surface area contributed by atoms with Crippen LogP contribution >= 0.6 is 0 Å². The molecule has 2 aromatic carbocycles. The Morgan fingerprint density at radius 2 is 1.70 bits per heavy atom. The van der Waals surface area contributed by atoms with Gasteiger partial charge in [-0.1, -0.05) is 6.07 Å². The number of carbonyl (C=O) groups is 2. The number of methoxy groups -OCH3 is 3. The number of amides is 2. The molecule has 3 aliphatic heterocycles. The molecule has 10 nitrogen and oxygen atoms in total. The van der Waals surface area contributed by atoms with Crippen molar-refractivity contribution >= 4 is 11.8 Å². The van der Waals surface area contributed by atoms with Crippen LogP contribution < -0.4 is 29.0 Å². The van der Waals surface area contributed by atoms with Crippen molar-refractivity contribution in [1.29, 1.82) is 0 Å². The number of fused-ring (bicyclic) bond motifs is 1. The van der Waals surface area contributed by atoms with Gasteiger partial charge in [-0.05, 0) is 55.3 Å². The first-order chi connectivity index (χ1) is 17.9. The van der Waals surface area contributed by atoms with E-state index in [2.05, 4.69) is 10.2 Å². The van der Waals surface area contributed by atoms with Crippen LogP contribution in [0, 0.1) is 0 Å². The molecule has 0 aromatic heterocycles. The molecule has 2 aromatic rings. The number of likely N-dealkylation sites (tertiary alicyclic amines) is 2. The Hall–Kier alpha value is -3.66. The summed E-state index contributed by atoms with van der Waals surface area (Å²) in [6.07, 6.45) is 1.46. The monoisotopic (exact) mass is 511 g/mol. The van der Waals surface area contributed by atoms with Crippen molar-refractivity contribution in [3.8, 4) is 28.7 Å². The molecule has 198 valence electrons. The second-order valence-electron chi connectivity index (χ2n) is 9.65. The molecule has 0 radical (unpaired) electrons. The van der Waals surface area contributed by atoms with Crippen molar-refractivity contribution in [2.75, 3.05) is 48.3 Å². The van der Waals surface area contributed by atoms with Gasteiger partial charge in [-0.3, -0.25) is 9.59 Å². The van der Waals surface area contributed by atoms with Crippen LogP contribution in [0.2, 0.25) is 0 Å². The van der Waals surface area contributed by atoms with E-state index in [1.165, 1.54) is 0 Å². The number of rotatable bonds is 8. The molecular formula is C27H33N3O7. The molecule has 10 heteroatoms. The molecule has 0 saturated carbocycles. The highest BCUT2D eigenvalue weighted by molar-refractivity contribution is 5.95. The first kappa shape index (κ1) is 25.0. The quantitative estimate of drug-likeness (QED) is 0.540. The van der Waals surface area contributed by atoms with Crippen molar-refractivity contribution in [3.63, 3.8) is 0 Å². The van der Waals surface area contributed by atoms with Crippen molar-refractivity contribution in [3.05, 3.63) is 41.5 Å². The summed E-state index contributed by atoms with van der Waals surface area (Å²) in [6, 6.07) is 9.17. The Labute approximate surface area is 216 Å². The highest BCUT2D eigenvalue weighted by Crippen LogP contribution is 2.47. The van der Waals surface area contributed by atoms with Crippen molar-refractivity contribution in [2.45, 2.75) is 37.4 Å². The Bertz CT molecular complexity index is 1170. The molecule has 37 heavy (non-hydrogen) atoms. The maximum absolute atomic E-state index is 13.9. The fourth-order valence-electron chi connectivity index (χ4n) is 5.49. The molecule has 5 rings (SSSR count). The third kappa shape index (κ3) is 4.39. The van der Waals surface area contributed by atoms with Crippen LogP contribution in [-0.4, -0.2) is 75.4 Å². The van der Waals surface area contributed by atoms with Gasteiger partial charge in [-0.15, -0.1) is 0 Å². The summed E-state index contributed by atoms with van der Waals surface area (Å²) in [4.78, 5) is 31.0. The smallest absolute Gasteiger partial charge is 0.246 e. The molecule has 1 atom stereocenters. The second-order valence-corrected chi connectivity index (χ2v) is 9.65. The lowest BCUT2D eigenvalue weighted by Crippen LogP contribution is -2.68. The van der Waals surface area contributed by atoms with Crippen molar-refractivity contribution in [2.24, 2.45) is 0 Å². The van der Waals surface area contributed by atoms with Crippen molar-refractivity contribution in [1.82, 2.24) is 15.1 Å². The summed E-state index contributed by atoms with van der Waals surface area (Å²) in [5.41, 5.74) is 0.802. The number of β-lactam (4-membered cyclic amide) rings is 1. The zero-order valence-corrected chi connectivity index (χ0v) is 21.7. The first-order valence-electron chi connectivity index (χ1n) is 12.4. The third-order valence-corrected chi connectivity index (χ3v) is 7.61. The normalized spacial score (nSPS) is 20.3. The average molecular weight is 512 g/mol. The largest absolute Gasteiger partial charge is 0.493 e. The molecule has 2 saturated heterocycles. The summed E-state index contributed by atoms with van der Waals surface area (Å²) < 4.78 is 27.3. The molecule has 3 aliphatic rings. The van der Waals surface area contributed by atoms with Gasteiger partial charge in [0.15, 0.2) is 23.0 Å². The Balaban J connectivity index is 1.40. The van der Waals surface area contributed by atoms with E-state index in [4.69, 9.17) is 23.7 Å². The van der Waals surface area contributed by atoms with E-state index in [1.807, 2.05) is 37.4 Å². The molecule has 0 bridgehead atoms. The van der Waals surface area contributed by atoms with Crippen LogP contribution in [0.15, 0.2) is 30.3 Å². The first-order valence-corrected chi connectivity index (χ1v) is 12.4. The summed E-state index contributed by atoms with van der Waals surface area (Å²) in [7, 11) is 6.69. The number of hydrogen-bond donors (Lipinski definition) is 1. The molecule has 0 spiro atoms. The van der Waals surface area contributed by atoms with E-state index in [1.54, 1.807) is 26.2 Å². The number of nitrogens with zero attached hydrogens (tertiary/aromatic N) is 2. The number of carbonyl (C=O) groups excluding carboxylic acids is 2. The molecular weight excluding hydrogens is 478 g/mol. The predicted octanol–water partition coefficient (Wildman–Crippen LogP) is 2.50. The zero-order chi connectivity index (χ0) is 26.2. The molecule has 1 N–H and O–H groups in total. The highest BCUT2D eigenvalue weighted by Gasteiger charge is 2.55. The van der Waals surface area contributed by atoms with Crippen LogP contribution in [0.1, 0.15) is 36.4 Å². The lowest BCUT2D eigenvalue weighted by molar-refractivity contribution is -0.169. The summed E-state index contributed by atoms with van der Waals surface area (Å²) in [5.74, 6) is 2.70. The molecule has 2 amide bonds. The van der Waals surface area contributed by atoms with Gasteiger partial charge in [-0.2, -0.15) is 0 Å². The number of piperidine rings is 1. The fraction of sp³-hybridized carbons (Fsp3) is 0.481. The van der Waals surface area contributed by atoms with E-state index < -0.39 is 5.54 Å². The van der Waals surface area contributed by atoms with Gasteiger partial charge in [0.1, 0.15) is 5.54 Å². The average Bonchev–Trinajstić information content (AvgIpc) is 3.38. The Morgan fingerprint density at radius 1 is 1.03 bits per heavy atom. The Morgan fingerprint density at radius 3 is 2.32 bits per heavy atom. The van der Waals surface area contributed by atoms with Gasteiger partial charge < -0.3 is 38.8 Å². The number of benzene rings is 2. The van der Waals surface area contributed by atoms with Crippen LogP contribution in [0.5, 0.6) is 28.7 Å². The number of ether oxygens (including phenoxy) is 5. The predicted molar refractivity (Wildman–Crippen MR) is 134 cm³/mol. The Kier molecular flexibility index (Phi) is 6.76. The molecule has 3 heterocycles. The van der Waals surface area contributed by atoms with Gasteiger partial charge in [-0.25, -0.2) is 0 Å². The van der Waals surface area contributed by atoms with Crippen LogP contribution in [0.3, 0.4) is 0 Å². The SMILES string of the molecule is COc1cc(CNC(=O)C2(N3C(=O)CC3c3ccc4c(c3)OCO4)CCN(C)CC2)cc(OC)c1OC. The highest BCUT2D eigenvalue weighted by atomic mass is 16.7. The van der Waals surface area contributed by atoms with Gasteiger partial charge in [0.2, 0.25) is 24.4 Å². The number of nitrogens with one attached hydrogen (secondary N) is 1. The van der Waals surface area contributed by atoms with Gasteiger partial charge in [0.25, 0.3) is 0 Å². The maximum atomic E-state index is 13.9. The van der Waals surface area contributed by atoms with Gasteiger partial charge >= 0.3 is 0 Å². The topological polar surface area (TPSA) is 98.8 Å². The molecule has 1 unspecified atom stereocenters. The standard InChI is InChI=1S/C27H33N3O7/c1-29-9-7-27(8-10-29,26(32)28-15-17-11-22(33-2)25(35-4)23(12-17)34-3)30-19(14-24(30)31)18-5-6-20-21(13-18)37-16-36-20/h5-6,11-13,19H,7-10,14-16H2,1-4H3,(H,28,32). The van der Waals surface area contributed by atoms with Crippen LogP contribution in [0.25, 0.3) is 0 Å². The lowest BCUT2D eigenvalue weighted by Gasteiger charge is -2.55. The molecule has 2 fully saturated rings. The summed E-state index contributed by atoms with van der Waals surface area (Å²) in [5, 5.41) is 3.10. The van der Waals surface area contributed by atoms with E-state index in [0.717, 1.165) is 24.2 Å². The molecule has 0 aliphatic carbocycles. The van der Waals surface area contributed by atoms with Crippen molar-refractivity contribution < 1.29 is 33.3 Å². The van der Waals surface area contributed by atoms with E-state index in [0.29, 0.717) is 48.0 Å². The minimum Gasteiger partial charge on any atom is -0.493 e. The van der Waals surface area contributed by atoms with E-state index >= 15 is 0 Å². The van der Waals surface area contributed by atoms with Crippen LogP contribution in [0.4, 0.5) is 0 Å². The van der Waals surface area contributed by atoms with Crippen LogP contribution in [-0.2, 0) is 16.1 Å². The lowest BCUT2D eigenvalue weighted by atomic mass is 9.78. The second kappa shape index (κ2) is 10.0. The minimum atomic E-state index is -0.941. The number of hydrogen-bond acceptors (Lipinski definition) is 8. The van der Waals surface area contributed by atoms with Gasteiger partial charge in [0.05, 0.1) is 33.8 Å². The zero-order valence-electron chi connectivity index (χ0n) is 21.7. The summed E-state index contributed by atoms with van der Waals surface area (Å²) in [6.45, 7) is 1.88.